The lowest BCUT2D eigenvalue weighted by molar-refractivity contribution is -0.0500. The van der Waals surface area contributed by atoms with Crippen LogP contribution in [0.1, 0.15) is 0 Å². The monoisotopic (exact) mass is 411 g/mol. The van der Waals surface area contributed by atoms with E-state index in [1.54, 1.807) is 0 Å². The Morgan fingerprint density at radius 3 is 1.60 bits per heavy atom. The summed E-state index contributed by atoms with van der Waals surface area (Å²) in [6, 6.07) is 4.67. The first kappa shape index (κ1) is 26.1. The van der Waals surface area contributed by atoms with Gasteiger partial charge in [-0.2, -0.15) is 31.5 Å². The third-order valence-corrected chi connectivity index (χ3v) is 3.47. The van der Waals surface area contributed by atoms with E-state index in [9.17, 15) is 21.6 Å². The summed E-state index contributed by atoms with van der Waals surface area (Å²) in [5.74, 6) is -0.0603. The molecule has 25 heavy (non-hydrogen) atoms. The Morgan fingerprint density at radius 1 is 1.00 bits per heavy atom. The van der Waals surface area contributed by atoms with Crippen molar-refractivity contribution in [1.29, 1.82) is 0 Å². The summed E-state index contributed by atoms with van der Waals surface area (Å²) in [7, 11) is -4.25. The molecule has 148 valence electrons. The number of ether oxygens (including phenoxy) is 1. The van der Waals surface area contributed by atoms with Gasteiger partial charge in [0.2, 0.25) is 0 Å². The highest BCUT2D eigenvalue weighted by molar-refractivity contribution is 7.88. The molecule has 1 atom stereocenters. The predicted molar refractivity (Wildman–Crippen MR) is 87.9 cm³/mol. The van der Waals surface area contributed by atoms with Gasteiger partial charge in [0.1, 0.15) is 11.5 Å². The summed E-state index contributed by atoms with van der Waals surface area (Å²) in [5.41, 5.74) is -1.50. The van der Waals surface area contributed by atoms with Gasteiger partial charge in [0.05, 0.1) is 32.5 Å². The van der Waals surface area contributed by atoms with Crippen molar-refractivity contribution < 1.29 is 45.8 Å². The van der Waals surface area contributed by atoms with E-state index in [1.165, 1.54) is 19.2 Å². The minimum Gasteiger partial charge on any atom is -0.497 e. The van der Waals surface area contributed by atoms with Gasteiger partial charge in [0.15, 0.2) is 0 Å². The lowest BCUT2D eigenvalue weighted by atomic mass is 10.1. The molecule has 0 spiro atoms. The molecule has 1 aromatic carbocycles. The van der Waals surface area contributed by atoms with Gasteiger partial charge in [-0.15, -0.1) is 0 Å². The normalized spacial score (nSPS) is 11.7. The van der Waals surface area contributed by atoms with E-state index in [-0.39, 0.29) is 9.90 Å². The maximum absolute atomic E-state index is 11.9. The lowest BCUT2D eigenvalue weighted by Gasteiger charge is -2.20. The Hall–Kier alpha value is -1.17. The average Bonchev–Trinajstić information content (AvgIpc) is 2.54. The zero-order valence-electron chi connectivity index (χ0n) is 13.2. The van der Waals surface area contributed by atoms with Crippen molar-refractivity contribution in [2.45, 2.75) is 11.0 Å². The SMILES string of the molecule is COc1ccc(OS(=O)(=O)C(F)(F)F)cc1.NC(CO)(CO)CO.P. The number of hydrogen-bond donors (Lipinski definition) is 4. The van der Waals surface area contributed by atoms with Gasteiger partial charge in [-0.1, -0.05) is 0 Å². The maximum Gasteiger partial charge on any atom is 0.534 e. The molecular formula is C12H21F3NO7PS. The van der Waals surface area contributed by atoms with Gasteiger partial charge in [0.25, 0.3) is 0 Å². The molecule has 1 unspecified atom stereocenters. The zero-order chi connectivity index (χ0) is 19.0. The second kappa shape index (κ2) is 10.7. The Bertz CT molecular complexity index is 583. The van der Waals surface area contributed by atoms with Crippen molar-refractivity contribution in [3.8, 4) is 11.5 Å². The van der Waals surface area contributed by atoms with Crippen LogP contribution in [-0.2, 0) is 10.1 Å². The largest absolute Gasteiger partial charge is 0.534 e. The first-order chi connectivity index (χ1) is 10.9. The van der Waals surface area contributed by atoms with Crippen LogP contribution in [0.15, 0.2) is 24.3 Å². The molecule has 0 heterocycles. The van der Waals surface area contributed by atoms with Gasteiger partial charge in [-0.3, -0.25) is 0 Å². The van der Waals surface area contributed by atoms with Crippen LogP contribution in [0.4, 0.5) is 13.2 Å². The number of nitrogens with two attached hydrogens (primary N) is 1. The highest BCUT2D eigenvalue weighted by atomic mass is 32.2. The van der Waals surface area contributed by atoms with Crippen molar-refractivity contribution in [2.24, 2.45) is 5.73 Å². The molecule has 1 rings (SSSR count). The van der Waals surface area contributed by atoms with Crippen molar-refractivity contribution in [3.05, 3.63) is 24.3 Å². The summed E-state index contributed by atoms with van der Waals surface area (Å²) >= 11 is 0. The van der Waals surface area contributed by atoms with Crippen LogP contribution in [0, 0.1) is 0 Å². The topological polar surface area (TPSA) is 139 Å². The number of rotatable bonds is 6. The fraction of sp³-hybridized carbons (Fsp3) is 0.500. The molecule has 0 radical (unpaired) electrons. The van der Waals surface area contributed by atoms with Crippen molar-refractivity contribution in [3.63, 3.8) is 0 Å². The third-order valence-electron chi connectivity index (χ3n) is 2.49. The first-order valence-corrected chi connectivity index (χ1v) is 7.62. The Kier molecular flexibility index (Phi) is 11.2. The molecule has 0 amide bonds. The number of halogens is 3. The summed E-state index contributed by atoms with van der Waals surface area (Å²) in [4.78, 5) is 0. The summed E-state index contributed by atoms with van der Waals surface area (Å²) in [6.07, 6.45) is 0. The van der Waals surface area contributed by atoms with Crippen LogP contribution in [0.25, 0.3) is 0 Å². The van der Waals surface area contributed by atoms with Crippen LogP contribution >= 0.6 is 9.90 Å². The Labute approximate surface area is 146 Å². The third kappa shape index (κ3) is 8.66. The smallest absolute Gasteiger partial charge is 0.497 e. The van der Waals surface area contributed by atoms with Crippen LogP contribution < -0.4 is 14.7 Å². The van der Waals surface area contributed by atoms with Crippen LogP contribution in [0.3, 0.4) is 0 Å². The molecule has 0 saturated heterocycles. The van der Waals surface area contributed by atoms with Crippen molar-refractivity contribution in [1.82, 2.24) is 0 Å². The number of hydrogen-bond acceptors (Lipinski definition) is 8. The number of aliphatic hydroxyl groups is 3. The Morgan fingerprint density at radius 2 is 1.36 bits per heavy atom. The number of methoxy groups -OCH3 is 1. The van der Waals surface area contributed by atoms with E-state index in [0.29, 0.717) is 5.75 Å². The van der Waals surface area contributed by atoms with Crippen LogP contribution in [0.5, 0.6) is 11.5 Å². The van der Waals surface area contributed by atoms with Gasteiger partial charge >= 0.3 is 15.6 Å². The molecule has 8 nitrogen and oxygen atoms in total. The fourth-order valence-electron chi connectivity index (χ4n) is 0.955. The molecule has 0 aliphatic rings. The second-order valence-corrected chi connectivity index (χ2v) is 6.03. The molecule has 0 aromatic heterocycles. The summed E-state index contributed by atoms with van der Waals surface area (Å²) < 4.78 is 65.6. The molecule has 1 aromatic rings. The molecular weight excluding hydrogens is 390 g/mol. The molecule has 13 heteroatoms. The number of alkyl halides is 3. The van der Waals surface area contributed by atoms with Crippen molar-refractivity contribution in [2.75, 3.05) is 26.9 Å². The Balaban J connectivity index is 0. The van der Waals surface area contributed by atoms with Gasteiger partial charge in [-0.25, -0.2) is 0 Å². The van der Waals surface area contributed by atoms with Crippen LogP contribution in [0.2, 0.25) is 0 Å². The quantitative estimate of drug-likeness (QED) is 0.283. The van der Waals surface area contributed by atoms with E-state index in [0.717, 1.165) is 12.1 Å². The standard InChI is InChI=1S/C8H7F3O4S.C4H11NO3.H3P/c1-14-6-2-4-7(5-3-6)15-16(12,13)8(9,10)11;5-4(1-6,2-7)3-8;/h2-5H,1H3;6-8H,1-3,5H2;1H3. The maximum atomic E-state index is 11.9. The molecule has 0 saturated carbocycles. The lowest BCUT2D eigenvalue weighted by Crippen LogP contribution is -2.50. The average molecular weight is 411 g/mol. The molecule has 5 N–H and O–H groups in total. The zero-order valence-corrected chi connectivity index (χ0v) is 15.5. The van der Waals surface area contributed by atoms with Crippen molar-refractivity contribution >= 4 is 20.0 Å². The minimum absolute atomic E-state index is 0. The van der Waals surface area contributed by atoms with E-state index < -0.39 is 46.7 Å². The van der Waals surface area contributed by atoms with Gasteiger partial charge < -0.3 is 30.0 Å². The van der Waals surface area contributed by atoms with E-state index in [1.807, 2.05) is 0 Å². The highest BCUT2D eigenvalue weighted by Crippen LogP contribution is 2.27. The highest BCUT2D eigenvalue weighted by Gasteiger charge is 2.48. The second-order valence-electron chi connectivity index (χ2n) is 4.50. The van der Waals surface area contributed by atoms with E-state index in [2.05, 4.69) is 4.18 Å². The molecule has 0 aliphatic heterocycles. The summed E-state index contributed by atoms with van der Waals surface area (Å²) in [5, 5.41) is 25.0. The minimum atomic E-state index is -5.61. The predicted octanol–water partition coefficient (Wildman–Crippen LogP) is -0.357. The van der Waals surface area contributed by atoms with Crippen LogP contribution in [-0.4, -0.2) is 61.7 Å². The van der Waals surface area contributed by atoms with E-state index >= 15 is 0 Å². The molecule has 0 fully saturated rings. The molecule has 0 aliphatic carbocycles. The first-order valence-electron chi connectivity index (χ1n) is 6.21. The van der Waals surface area contributed by atoms with E-state index in [4.69, 9.17) is 25.8 Å². The number of aliphatic hydroxyl groups excluding tert-OH is 3. The fourth-order valence-corrected chi connectivity index (χ4v) is 1.41. The number of benzene rings is 1. The van der Waals surface area contributed by atoms with Gasteiger partial charge in [0, 0.05) is 0 Å². The molecule has 0 bridgehead atoms. The summed E-state index contributed by atoms with van der Waals surface area (Å²) in [6.45, 7) is -1.21. The van der Waals surface area contributed by atoms with Gasteiger partial charge in [-0.05, 0) is 24.3 Å².